The molecular formula is C20H24N2. The average Bonchev–Trinajstić information content (AvgIpc) is 2.57. The molecule has 0 N–H and O–H groups in total. The van der Waals surface area contributed by atoms with E-state index in [-0.39, 0.29) is 0 Å². The topological polar surface area (TPSA) is 27.0 Å². The molecule has 0 aromatic heterocycles. The van der Waals surface area contributed by atoms with Gasteiger partial charge in [-0.3, -0.25) is 4.90 Å². The molecule has 1 aliphatic rings. The summed E-state index contributed by atoms with van der Waals surface area (Å²) < 4.78 is 0. The first-order valence-corrected chi connectivity index (χ1v) is 8.05. The molecule has 22 heavy (non-hydrogen) atoms. The van der Waals surface area contributed by atoms with Crippen LogP contribution >= 0.6 is 0 Å². The van der Waals surface area contributed by atoms with Crippen LogP contribution in [-0.2, 0) is 19.5 Å². The molecule has 0 saturated carbocycles. The highest BCUT2D eigenvalue weighted by Crippen LogP contribution is 2.23. The Morgan fingerprint density at radius 3 is 2.64 bits per heavy atom. The minimum atomic E-state index is 0.794. The first-order valence-electron chi connectivity index (χ1n) is 8.05. The van der Waals surface area contributed by atoms with E-state index < -0.39 is 0 Å². The van der Waals surface area contributed by atoms with Gasteiger partial charge in [-0.25, -0.2) is 0 Å². The molecule has 114 valence electrons. The van der Waals surface area contributed by atoms with Gasteiger partial charge in [0.2, 0.25) is 0 Å². The van der Waals surface area contributed by atoms with Crippen LogP contribution in [0, 0.1) is 18.3 Å². The van der Waals surface area contributed by atoms with E-state index in [0.717, 1.165) is 37.2 Å². The van der Waals surface area contributed by atoms with Crippen molar-refractivity contribution in [3.63, 3.8) is 0 Å². The van der Waals surface area contributed by atoms with Gasteiger partial charge in [-0.15, -0.1) is 0 Å². The number of nitriles is 1. The molecule has 3 rings (SSSR count). The van der Waals surface area contributed by atoms with Crippen LogP contribution in [-0.4, -0.2) is 11.4 Å². The second-order valence-electron chi connectivity index (χ2n) is 5.44. The van der Waals surface area contributed by atoms with Gasteiger partial charge in [0, 0.05) is 19.6 Å². The summed E-state index contributed by atoms with van der Waals surface area (Å²) in [5.74, 6) is 0. The van der Waals surface area contributed by atoms with Crippen LogP contribution in [0.2, 0.25) is 0 Å². The number of benzene rings is 2. The smallest absolute Gasteiger partial charge is 0.0995 e. The summed E-state index contributed by atoms with van der Waals surface area (Å²) in [6, 6.07) is 16.7. The van der Waals surface area contributed by atoms with Crippen LogP contribution in [0.5, 0.6) is 0 Å². The number of aryl methyl sites for hydroxylation is 1. The fourth-order valence-electron chi connectivity index (χ4n) is 3.00. The standard InChI is InChI=1S/C18H18N2.C2H6/c1-14-5-4-8-17-13-20(10-9-18(14)17)12-16-7-3-2-6-15(16)11-19;1-2/h2-8H,9-10,12-13H2,1H3;1-2H3. The van der Waals surface area contributed by atoms with E-state index >= 15 is 0 Å². The van der Waals surface area contributed by atoms with Gasteiger partial charge in [0.25, 0.3) is 0 Å². The number of rotatable bonds is 2. The molecule has 0 radical (unpaired) electrons. The van der Waals surface area contributed by atoms with Crippen molar-refractivity contribution in [1.82, 2.24) is 4.90 Å². The van der Waals surface area contributed by atoms with Gasteiger partial charge in [-0.05, 0) is 41.7 Å². The highest BCUT2D eigenvalue weighted by Gasteiger charge is 2.18. The van der Waals surface area contributed by atoms with Crippen molar-refractivity contribution in [3.05, 3.63) is 70.3 Å². The van der Waals surface area contributed by atoms with E-state index in [1.54, 1.807) is 0 Å². The summed E-state index contributed by atoms with van der Waals surface area (Å²) in [4.78, 5) is 2.43. The van der Waals surface area contributed by atoms with Crippen molar-refractivity contribution in [3.8, 4) is 6.07 Å². The van der Waals surface area contributed by atoms with Crippen molar-refractivity contribution in [1.29, 1.82) is 5.26 Å². The molecule has 0 saturated heterocycles. The highest BCUT2D eigenvalue weighted by molar-refractivity contribution is 5.38. The first-order chi connectivity index (χ1) is 10.8. The van der Waals surface area contributed by atoms with Gasteiger partial charge in [-0.2, -0.15) is 5.26 Å². The van der Waals surface area contributed by atoms with Crippen LogP contribution in [0.4, 0.5) is 0 Å². The molecule has 0 aliphatic carbocycles. The molecule has 1 heterocycles. The lowest BCUT2D eigenvalue weighted by atomic mass is 9.95. The molecular weight excluding hydrogens is 268 g/mol. The summed E-state index contributed by atoms with van der Waals surface area (Å²) >= 11 is 0. The first kappa shape index (κ1) is 16.3. The van der Waals surface area contributed by atoms with Crippen LogP contribution in [0.3, 0.4) is 0 Å². The van der Waals surface area contributed by atoms with Gasteiger partial charge in [0.1, 0.15) is 0 Å². The maximum Gasteiger partial charge on any atom is 0.0995 e. The molecule has 0 unspecified atom stereocenters. The summed E-state index contributed by atoms with van der Waals surface area (Å²) in [6.45, 7) is 9.10. The molecule has 0 atom stereocenters. The minimum absolute atomic E-state index is 0.794. The summed E-state index contributed by atoms with van der Waals surface area (Å²) in [6.07, 6.45) is 1.11. The van der Waals surface area contributed by atoms with E-state index in [2.05, 4.69) is 42.2 Å². The number of hydrogen-bond acceptors (Lipinski definition) is 2. The maximum absolute atomic E-state index is 9.17. The monoisotopic (exact) mass is 292 g/mol. The largest absolute Gasteiger partial charge is 0.294 e. The Balaban J connectivity index is 0.000000847. The Kier molecular flexibility index (Phi) is 5.75. The molecule has 2 aromatic rings. The Morgan fingerprint density at radius 1 is 1.09 bits per heavy atom. The van der Waals surface area contributed by atoms with Crippen molar-refractivity contribution in [2.24, 2.45) is 0 Å². The Hall–Kier alpha value is -2.11. The van der Waals surface area contributed by atoms with Crippen molar-refractivity contribution >= 4 is 0 Å². The third kappa shape index (κ3) is 3.55. The lowest BCUT2D eigenvalue weighted by molar-refractivity contribution is 0.245. The predicted octanol–water partition coefficient (Wildman–Crippen LogP) is 4.45. The Morgan fingerprint density at radius 2 is 1.86 bits per heavy atom. The van der Waals surface area contributed by atoms with E-state index in [1.165, 1.54) is 16.7 Å². The summed E-state index contributed by atoms with van der Waals surface area (Å²) in [7, 11) is 0. The highest BCUT2D eigenvalue weighted by atomic mass is 15.1. The van der Waals surface area contributed by atoms with Gasteiger partial charge in [0.15, 0.2) is 0 Å². The van der Waals surface area contributed by atoms with Crippen LogP contribution < -0.4 is 0 Å². The third-order valence-electron chi connectivity index (χ3n) is 4.11. The van der Waals surface area contributed by atoms with Gasteiger partial charge >= 0.3 is 0 Å². The molecule has 0 amide bonds. The Labute approximate surface area is 134 Å². The summed E-state index contributed by atoms with van der Waals surface area (Å²) in [5.41, 5.74) is 6.27. The average molecular weight is 292 g/mol. The van der Waals surface area contributed by atoms with Crippen molar-refractivity contribution in [2.45, 2.75) is 40.3 Å². The van der Waals surface area contributed by atoms with Crippen LogP contribution in [0.25, 0.3) is 0 Å². The normalized spacial score (nSPS) is 13.5. The van der Waals surface area contributed by atoms with E-state index in [4.69, 9.17) is 0 Å². The SMILES string of the molecule is CC.Cc1cccc2c1CCN(Cc1ccccc1C#N)C2. The third-order valence-corrected chi connectivity index (χ3v) is 4.11. The van der Waals surface area contributed by atoms with Gasteiger partial charge in [0.05, 0.1) is 11.6 Å². The number of hydrogen-bond donors (Lipinski definition) is 0. The van der Waals surface area contributed by atoms with Crippen molar-refractivity contribution in [2.75, 3.05) is 6.54 Å². The van der Waals surface area contributed by atoms with E-state index in [0.29, 0.717) is 0 Å². The number of fused-ring (bicyclic) bond motifs is 1. The fourth-order valence-corrected chi connectivity index (χ4v) is 3.00. The molecule has 0 spiro atoms. The quantitative estimate of drug-likeness (QED) is 0.817. The lowest BCUT2D eigenvalue weighted by Gasteiger charge is -2.30. The van der Waals surface area contributed by atoms with E-state index in [1.807, 2.05) is 32.0 Å². The molecule has 0 fully saturated rings. The van der Waals surface area contributed by atoms with Crippen LogP contribution in [0.1, 0.15) is 41.7 Å². The second kappa shape index (κ2) is 7.77. The van der Waals surface area contributed by atoms with E-state index in [9.17, 15) is 5.26 Å². The molecule has 2 heteroatoms. The predicted molar refractivity (Wildman–Crippen MR) is 91.5 cm³/mol. The molecule has 2 aromatic carbocycles. The Bertz CT molecular complexity index is 668. The fraction of sp³-hybridized carbons (Fsp3) is 0.350. The van der Waals surface area contributed by atoms with Gasteiger partial charge in [-0.1, -0.05) is 50.2 Å². The molecule has 1 aliphatic heterocycles. The molecule has 0 bridgehead atoms. The lowest BCUT2D eigenvalue weighted by Crippen LogP contribution is -2.30. The summed E-state index contributed by atoms with van der Waals surface area (Å²) in [5, 5.41) is 9.17. The van der Waals surface area contributed by atoms with Crippen molar-refractivity contribution < 1.29 is 0 Å². The zero-order valence-corrected chi connectivity index (χ0v) is 13.8. The minimum Gasteiger partial charge on any atom is -0.294 e. The van der Waals surface area contributed by atoms with Gasteiger partial charge < -0.3 is 0 Å². The maximum atomic E-state index is 9.17. The zero-order chi connectivity index (χ0) is 15.9. The molecule has 2 nitrogen and oxygen atoms in total. The van der Waals surface area contributed by atoms with Crippen LogP contribution in [0.15, 0.2) is 42.5 Å². The number of nitrogens with zero attached hydrogens (tertiary/aromatic N) is 2. The zero-order valence-electron chi connectivity index (χ0n) is 13.8. The second-order valence-corrected chi connectivity index (χ2v) is 5.44.